The van der Waals surface area contributed by atoms with Crippen molar-refractivity contribution in [3.63, 3.8) is 0 Å². The zero-order chi connectivity index (χ0) is 21.1. The number of nitrogens with one attached hydrogen (secondary N) is 1. The third kappa shape index (κ3) is 3.83. The molecule has 0 saturated carbocycles. The van der Waals surface area contributed by atoms with E-state index < -0.39 is 4.92 Å². The highest BCUT2D eigenvalue weighted by atomic mass is 16.6. The highest BCUT2D eigenvalue weighted by Gasteiger charge is 2.19. The molecule has 0 aliphatic rings. The minimum absolute atomic E-state index is 0.0244. The maximum atomic E-state index is 13.0. The van der Waals surface area contributed by atoms with Crippen LogP contribution in [0.4, 0.5) is 5.69 Å². The van der Waals surface area contributed by atoms with Crippen molar-refractivity contribution in [3.8, 4) is 17.1 Å². The summed E-state index contributed by atoms with van der Waals surface area (Å²) in [6.07, 6.45) is 1.90. The molecule has 2 aromatic carbocycles. The Balaban J connectivity index is 1.70. The lowest BCUT2D eigenvalue weighted by Gasteiger charge is -2.08. The zero-order valence-electron chi connectivity index (χ0n) is 16.2. The number of hydrogen-bond acceptors (Lipinski definition) is 4. The number of non-ortho nitro benzene ring substituents is 1. The van der Waals surface area contributed by atoms with E-state index in [0.29, 0.717) is 23.6 Å². The number of aryl methyl sites for hydroxylation is 1. The Hall–Kier alpha value is -4.20. The number of carbonyl (C=O) groups is 1. The van der Waals surface area contributed by atoms with Gasteiger partial charge in [0.1, 0.15) is 11.4 Å². The Morgan fingerprint density at radius 3 is 2.43 bits per heavy atom. The van der Waals surface area contributed by atoms with Crippen LogP contribution in [-0.2, 0) is 13.6 Å². The van der Waals surface area contributed by atoms with E-state index in [2.05, 4.69) is 10.4 Å². The number of carbonyl (C=O) groups excluding carboxylic acids is 1. The minimum atomic E-state index is -0.463. The molecule has 150 valence electrons. The van der Waals surface area contributed by atoms with E-state index in [0.717, 1.165) is 11.3 Å². The number of aromatic nitrogens is 3. The van der Waals surface area contributed by atoms with Crippen LogP contribution >= 0.6 is 0 Å². The van der Waals surface area contributed by atoms with E-state index in [9.17, 15) is 14.9 Å². The van der Waals surface area contributed by atoms with Crippen LogP contribution in [0.5, 0.6) is 0 Å². The van der Waals surface area contributed by atoms with Gasteiger partial charge in [-0.2, -0.15) is 5.10 Å². The normalized spacial score (nSPS) is 10.7. The molecule has 8 nitrogen and oxygen atoms in total. The van der Waals surface area contributed by atoms with Crippen LogP contribution in [0.1, 0.15) is 16.1 Å². The molecular formula is C22H19N5O3. The third-order valence-corrected chi connectivity index (χ3v) is 4.75. The van der Waals surface area contributed by atoms with E-state index in [1.54, 1.807) is 18.2 Å². The SMILES string of the molecule is Cn1cccc1-c1cc(C(=O)NCc2ccccc2)n(-c2ccc([N+](=O)[O-])cc2)n1. The van der Waals surface area contributed by atoms with Crippen molar-refractivity contribution in [2.75, 3.05) is 0 Å². The average Bonchev–Trinajstić information content (AvgIpc) is 3.39. The van der Waals surface area contributed by atoms with Crippen LogP contribution in [0.3, 0.4) is 0 Å². The summed E-state index contributed by atoms with van der Waals surface area (Å²) in [5.74, 6) is -0.287. The Morgan fingerprint density at radius 1 is 1.07 bits per heavy atom. The highest BCUT2D eigenvalue weighted by Crippen LogP contribution is 2.23. The predicted molar refractivity (Wildman–Crippen MR) is 112 cm³/mol. The van der Waals surface area contributed by atoms with Crippen LogP contribution in [-0.4, -0.2) is 25.2 Å². The second-order valence-corrected chi connectivity index (χ2v) is 6.77. The van der Waals surface area contributed by atoms with Gasteiger partial charge < -0.3 is 9.88 Å². The molecule has 4 rings (SSSR count). The van der Waals surface area contributed by atoms with E-state index in [1.165, 1.54) is 16.8 Å². The summed E-state index contributed by atoms with van der Waals surface area (Å²) in [4.78, 5) is 23.5. The van der Waals surface area contributed by atoms with E-state index >= 15 is 0 Å². The Labute approximate surface area is 172 Å². The number of amides is 1. The van der Waals surface area contributed by atoms with Gasteiger partial charge in [0, 0.05) is 31.9 Å². The lowest BCUT2D eigenvalue weighted by atomic mass is 10.2. The average molecular weight is 401 g/mol. The molecular weight excluding hydrogens is 382 g/mol. The van der Waals surface area contributed by atoms with Crippen molar-refractivity contribution in [2.45, 2.75) is 6.54 Å². The number of nitro groups is 1. The Bertz CT molecular complexity index is 1190. The van der Waals surface area contributed by atoms with Crippen LogP contribution in [0.15, 0.2) is 79.0 Å². The van der Waals surface area contributed by atoms with Crippen LogP contribution in [0.2, 0.25) is 0 Å². The highest BCUT2D eigenvalue weighted by molar-refractivity contribution is 5.94. The van der Waals surface area contributed by atoms with Crippen molar-refractivity contribution in [3.05, 3.63) is 100 Å². The van der Waals surface area contributed by atoms with Gasteiger partial charge in [0.2, 0.25) is 0 Å². The number of rotatable bonds is 6. The van der Waals surface area contributed by atoms with Crippen molar-refractivity contribution >= 4 is 11.6 Å². The summed E-state index contributed by atoms with van der Waals surface area (Å²) in [6.45, 7) is 0.380. The lowest BCUT2D eigenvalue weighted by Crippen LogP contribution is -2.25. The van der Waals surface area contributed by atoms with Crippen molar-refractivity contribution in [1.29, 1.82) is 0 Å². The fourth-order valence-corrected chi connectivity index (χ4v) is 3.18. The molecule has 0 unspecified atom stereocenters. The van der Waals surface area contributed by atoms with Crippen molar-refractivity contribution in [1.82, 2.24) is 19.7 Å². The van der Waals surface area contributed by atoms with Crippen LogP contribution in [0.25, 0.3) is 17.1 Å². The van der Waals surface area contributed by atoms with Gasteiger partial charge in [-0.3, -0.25) is 14.9 Å². The smallest absolute Gasteiger partial charge is 0.270 e. The van der Waals surface area contributed by atoms with Gasteiger partial charge in [0.25, 0.3) is 11.6 Å². The second kappa shape index (κ2) is 8.04. The molecule has 0 bridgehead atoms. The molecule has 2 aromatic heterocycles. The number of nitro benzene ring substituents is 1. The maximum Gasteiger partial charge on any atom is 0.270 e. The first-order chi connectivity index (χ1) is 14.5. The Morgan fingerprint density at radius 2 is 1.80 bits per heavy atom. The summed E-state index contributed by atoms with van der Waals surface area (Å²) in [7, 11) is 1.90. The first-order valence-corrected chi connectivity index (χ1v) is 9.31. The maximum absolute atomic E-state index is 13.0. The molecule has 0 fully saturated rings. The predicted octanol–water partition coefficient (Wildman–Crippen LogP) is 3.72. The molecule has 2 heterocycles. The van der Waals surface area contributed by atoms with Gasteiger partial charge in [-0.05, 0) is 35.9 Å². The fourth-order valence-electron chi connectivity index (χ4n) is 3.18. The fraction of sp³-hybridized carbons (Fsp3) is 0.0909. The number of hydrogen-bond donors (Lipinski definition) is 1. The van der Waals surface area contributed by atoms with E-state index in [1.807, 2.05) is 60.3 Å². The lowest BCUT2D eigenvalue weighted by molar-refractivity contribution is -0.384. The zero-order valence-corrected chi connectivity index (χ0v) is 16.2. The summed E-state index contributed by atoms with van der Waals surface area (Å²) < 4.78 is 3.42. The minimum Gasteiger partial charge on any atom is -0.349 e. The summed E-state index contributed by atoms with van der Waals surface area (Å²) in [5, 5.41) is 18.5. The number of nitrogens with zero attached hydrogens (tertiary/aromatic N) is 4. The monoisotopic (exact) mass is 401 g/mol. The van der Waals surface area contributed by atoms with Gasteiger partial charge in [-0.1, -0.05) is 30.3 Å². The molecule has 4 aromatic rings. The van der Waals surface area contributed by atoms with E-state index in [-0.39, 0.29) is 11.6 Å². The topological polar surface area (TPSA) is 95.0 Å². The molecule has 0 saturated heterocycles. The molecule has 1 amide bonds. The summed E-state index contributed by atoms with van der Waals surface area (Å²) >= 11 is 0. The molecule has 0 spiro atoms. The Kier molecular flexibility index (Phi) is 5.13. The molecule has 0 radical (unpaired) electrons. The molecule has 0 atom stereocenters. The standard InChI is InChI=1S/C22H19N5O3/c1-25-13-5-8-20(25)19-14-21(22(28)23-15-16-6-3-2-4-7-16)26(24-19)17-9-11-18(12-10-17)27(29)30/h2-14H,15H2,1H3,(H,23,28). The van der Waals surface area contributed by atoms with Gasteiger partial charge in [0.15, 0.2) is 0 Å². The first-order valence-electron chi connectivity index (χ1n) is 9.31. The number of benzene rings is 2. The third-order valence-electron chi connectivity index (χ3n) is 4.75. The van der Waals surface area contributed by atoms with Crippen LogP contribution in [0, 0.1) is 10.1 Å². The quantitative estimate of drug-likeness (QED) is 0.393. The first kappa shape index (κ1) is 19.1. The van der Waals surface area contributed by atoms with Gasteiger partial charge in [0.05, 0.1) is 16.3 Å². The van der Waals surface area contributed by atoms with Crippen LogP contribution < -0.4 is 5.32 Å². The summed E-state index contributed by atoms with van der Waals surface area (Å²) in [5.41, 5.74) is 3.35. The van der Waals surface area contributed by atoms with Gasteiger partial charge >= 0.3 is 0 Å². The van der Waals surface area contributed by atoms with Crippen molar-refractivity contribution < 1.29 is 9.72 Å². The van der Waals surface area contributed by atoms with Gasteiger partial charge in [-0.25, -0.2) is 4.68 Å². The summed E-state index contributed by atoms with van der Waals surface area (Å²) in [6, 6.07) is 21.1. The molecule has 30 heavy (non-hydrogen) atoms. The van der Waals surface area contributed by atoms with E-state index in [4.69, 9.17) is 0 Å². The molecule has 0 aliphatic heterocycles. The molecule has 0 aliphatic carbocycles. The van der Waals surface area contributed by atoms with Gasteiger partial charge in [-0.15, -0.1) is 0 Å². The second-order valence-electron chi connectivity index (χ2n) is 6.77. The molecule has 1 N–H and O–H groups in total. The molecule has 8 heteroatoms. The largest absolute Gasteiger partial charge is 0.349 e. The van der Waals surface area contributed by atoms with Crippen molar-refractivity contribution in [2.24, 2.45) is 7.05 Å².